The molecule has 0 spiro atoms. The van der Waals surface area contributed by atoms with Crippen molar-refractivity contribution in [3.05, 3.63) is 23.9 Å². The van der Waals surface area contributed by atoms with Crippen LogP contribution in [0.15, 0.2) is 18.3 Å². The molecule has 2 heterocycles. The van der Waals surface area contributed by atoms with Gasteiger partial charge in [-0.2, -0.15) is 0 Å². The maximum absolute atomic E-state index is 11.4. The summed E-state index contributed by atoms with van der Waals surface area (Å²) >= 11 is 0. The first-order valence-corrected chi connectivity index (χ1v) is 7.54. The summed E-state index contributed by atoms with van der Waals surface area (Å²) in [6.45, 7) is 8.93. The molecule has 1 fully saturated rings. The zero-order chi connectivity index (χ0) is 15.4. The lowest BCUT2D eigenvalue weighted by Gasteiger charge is -2.18. The minimum atomic E-state index is -0.680. The largest absolute Gasteiger partial charge is 0.481 e. The molecule has 116 valence electrons. The van der Waals surface area contributed by atoms with Gasteiger partial charge in [0, 0.05) is 31.9 Å². The van der Waals surface area contributed by atoms with E-state index in [4.69, 9.17) is 4.74 Å². The van der Waals surface area contributed by atoms with Crippen LogP contribution in [-0.2, 0) is 11.3 Å². The molecule has 1 saturated heterocycles. The molecule has 0 amide bonds. The SMILES string of the molecule is CCOc1ccc(CN2C[C@@H](C(=O)O)[C@H](C(C)C)C2)cn1. The van der Waals surface area contributed by atoms with Crippen LogP contribution in [0.2, 0.25) is 0 Å². The third kappa shape index (κ3) is 3.94. The first-order chi connectivity index (χ1) is 10.0. The molecular weight excluding hydrogens is 268 g/mol. The van der Waals surface area contributed by atoms with Crippen molar-refractivity contribution in [2.45, 2.75) is 27.3 Å². The van der Waals surface area contributed by atoms with Crippen LogP contribution in [0.1, 0.15) is 26.3 Å². The van der Waals surface area contributed by atoms with Crippen LogP contribution in [0, 0.1) is 17.8 Å². The Labute approximate surface area is 125 Å². The van der Waals surface area contributed by atoms with Crippen LogP contribution in [0.4, 0.5) is 0 Å². The summed E-state index contributed by atoms with van der Waals surface area (Å²) < 4.78 is 5.33. The van der Waals surface area contributed by atoms with E-state index in [1.165, 1.54) is 0 Å². The Morgan fingerprint density at radius 2 is 2.24 bits per heavy atom. The zero-order valence-corrected chi connectivity index (χ0v) is 13.0. The molecule has 0 radical (unpaired) electrons. The highest BCUT2D eigenvalue weighted by Crippen LogP contribution is 2.30. The highest BCUT2D eigenvalue weighted by molar-refractivity contribution is 5.71. The smallest absolute Gasteiger partial charge is 0.308 e. The lowest BCUT2D eigenvalue weighted by atomic mass is 9.86. The summed E-state index contributed by atoms with van der Waals surface area (Å²) in [5, 5.41) is 9.36. The van der Waals surface area contributed by atoms with E-state index in [2.05, 4.69) is 23.7 Å². The van der Waals surface area contributed by atoms with E-state index >= 15 is 0 Å². The van der Waals surface area contributed by atoms with Gasteiger partial charge in [0.2, 0.25) is 5.88 Å². The Balaban J connectivity index is 1.98. The molecule has 0 aromatic carbocycles. The fourth-order valence-corrected chi connectivity index (χ4v) is 2.98. The molecule has 1 aliphatic rings. The van der Waals surface area contributed by atoms with Crippen molar-refractivity contribution in [3.8, 4) is 5.88 Å². The molecule has 5 nitrogen and oxygen atoms in total. The topological polar surface area (TPSA) is 62.7 Å². The zero-order valence-electron chi connectivity index (χ0n) is 13.0. The number of nitrogens with zero attached hydrogens (tertiary/aromatic N) is 2. The van der Waals surface area contributed by atoms with E-state index in [9.17, 15) is 9.90 Å². The molecule has 1 N–H and O–H groups in total. The fraction of sp³-hybridized carbons (Fsp3) is 0.625. The van der Waals surface area contributed by atoms with Crippen molar-refractivity contribution < 1.29 is 14.6 Å². The maximum atomic E-state index is 11.4. The predicted octanol–water partition coefficient (Wildman–Crippen LogP) is 2.27. The number of carbonyl (C=O) groups is 1. The fourth-order valence-electron chi connectivity index (χ4n) is 2.98. The predicted molar refractivity (Wildman–Crippen MR) is 80.1 cm³/mol. The monoisotopic (exact) mass is 292 g/mol. The van der Waals surface area contributed by atoms with E-state index in [0.717, 1.165) is 18.7 Å². The van der Waals surface area contributed by atoms with Crippen LogP contribution < -0.4 is 4.74 Å². The summed E-state index contributed by atoms with van der Waals surface area (Å²) in [4.78, 5) is 17.8. The van der Waals surface area contributed by atoms with Gasteiger partial charge in [-0.3, -0.25) is 9.69 Å². The number of hydrogen-bond donors (Lipinski definition) is 1. The second-order valence-electron chi connectivity index (χ2n) is 5.98. The molecule has 0 unspecified atom stereocenters. The Hall–Kier alpha value is -1.62. The van der Waals surface area contributed by atoms with Gasteiger partial charge in [0.15, 0.2) is 0 Å². The van der Waals surface area contributed by atoms with Crippen molar-refractivity contribution >= 4 is 5.97 Å². The highest BCUT2D eigenvalue weighted by atomic mass is 16.5. The van der Waals surface area contributed by atoms with Gasteiger partial charge < -0.3 is 9.84 Å². The molecule has 1 aromatic heterocycles. The average molecular weight is 292 g/mol. The normalized spacial score (nSPS) is 22.7. The highest BCUT2D eigenvalue weighted by Gasteiger charge is 2.38. The number of hydrogen-bond acceptors (Lipinski definition) is 4. The lowest BCUT2D eigenvalue weighted by molar-refractivity contribution is -0.143. The first kappa shape index (κ1) is 15.8. The van der Waals surface area contributed by atoms with Gasteiger partial charge in [-0.15, -0.1) is 0 Å². The molecule has 1 aromatic rings. The Morgan fingerprint density at radius 3 is 2.71 bits per heavy atom. The molecule has 0 bridgehead atoms. The third-order valence-corrected chi connectivity index (χ3v) is 4.11. The van der Waals surface area contributed by atoms with Gasteiger partial charge in [-0.25, -0.2) is 4.98 Å². The molecular formula is C16H24N2O3. The number of aliphatic carboxylic acids is 1. The van der Waals surface area contributed by atoms with Gasteiger partial charge in [0.05, 0.1) is 12.5 Å². The van der Waals surface area contributed by atoms with E-state index in [0.29, 0.717) is 24.9 Å². The standard InChI is InChI=1S/C16H24N2O3/c1-4-21-15-6-5-12(7-17-15)8-18-9-13(11(2)3)14(10-18)16(19)20/h5-7,11,13-14H,4,8-10H2,1-3H3,(H,19,20)/t13-,14+/m0/s1. The molecule has 0 aliphatic carbocycles. The summed E-state index contributed by atoms with van der Waals surface area (Å²) in [5.74, 6) is 0.292. The van der Waals surface area contributed by atoms with Crippen LogP contribution in [0.3, 0.4) is 0 Å². The minimum Gasteiger partial charge on any atom is -0.481 e. The lowest BCUT2D eigenvalue weighted by Crippen LogP contribution is -2.25. The summed E-state index contributed by atoms with van der Waals surface area (Å²) in [5.41, 5.74) is 1.09. The number of rotatable bonds is 6. The molecule has 1 aliphatic heterocycles. The first-order valence-electron chi connectivity index (χ1n) is 7.54. The van der Waals surface area contributed by atoms with Crippen molar-refractivity contribution in [2.24, 2.45) is 17.8 Å². The number of carboxylic acids is 1. The molecule has 21 heavy (non-hydrogen) atoms. The second kappa shape index (κ2) is 6.89. The van der Waals surface area contributed by atoms with E-state index in [1.807, 2.05) is 25.3 Å². The Morgan fingerprint density at radius 1 is 1.48 bits per heavy atom. The van der Waals surface area contributed by atoms with E-state index < -0.39 is 5.97 Å². The van der Waals surface area contributed by atoms with Crippen LogP contribution in [-0.4, -0.2) is 40.7 Å². The third-order valence-electron chi connectivity index (χ3n) is 4.11. The maximum Gasteiger partial charge on any atom is 0.308 e. The number of carboxylic acid groups (broad SMARTS) is 1. The number of ether oxygens (including phenoxy) is 1. The van der Waals surface area contributed by atoms with Crippen molar-refractivity contribution in [1.29, 1.82) is 0 Å². The van der Waals surface area contributed by atoms with Crippen LogP contribution in [0.25, 0.3) is 0 Å². The number of likely N-dealkylation sites (tertiary alicyclic amines) is 1. The average Bonchev–Trinajstić information content (AvgIpc) is 2.86. The van der Waals surface area contributed by atoms with Crippen LogP contribution in [0.5, 0.6) is 5.88 Å². The quantitative estimate of drug-likeness (QED) is 0.871. The summed E-state index contributed by atoms with van der Waals surface area (Å²) in [7, 11) is 0. The van der Waals surface area contributed by atoms with Gasteiger partial charge in [-0.1, -0.05) is 19.9 Å². The summed E-state index contributed by atoms with van der Waals surface area (Å²) in [6.07, 6.45) is 1.81. The van der Waals surface area contributed by atoms with Gasteiger partial charge in [-0.05, 0) is 24.3 Å². The van der Waals surface area contributed by atoms with Gasteiger partial charge >= 0.3 is 5.97 Å². The summed E-state index contributed by atoms with van der Waals surface area (Å²) in [6, 6.07) is 3.86. The Bertz CT molecular complexity index is 473. The Kier molecular flexibility index (Phi) is 5.17. The minimum absolute atomic E-state index is 0.221. The molecule has 2 rings (SSSR count). The van der Waals surface area contributed by atoms with E-state index in [-0.39, 0.29) is 11.8 Å². The van der Waals surface area contributed by atoms with Gasteiger partial charge in [0.25, 0.3) is 0 Å². The van der Waals surface area contributed by atoms with Crippen molar-refractivity contribution in [3.63, 3.8) is 0 Å². The molecule has 2 atom stereocenters. The second-order valence-corrected chi connectivity index (χ2v) is 5.98. The van der Waals surface area contributed by atoms with Crippen molar-refractivity contribution in [2.75, 3.05) is 19.7 Å². The molecule has 5 heteroatoms. The van der Waals surface area contributed by atoms with Crippen LogP contribution >= 0.6 is 0 Å². The number of pyridine rings is 1. The van der Waals surface area contributed by atoms with Crippen molar-refractivity contribution in [1.82, 2.24) is 9.88 Å². The van der Waals surface area contributed by atoms with E-state index in [1.54, 1.807) is 0 Å². The molecule has 0 saturated carbocycles. The van der Waals surface area contributed by atoms with Gasteiger partial charge in [0.1, 0.15) is 0 Å². The number of aromatic nitrogens is 1.